The van der Waals surface area contributed by atoms with Crippen molar-refractivity contribution in [2.24, 2.45) is 4.99 Å². The zero-order valence-corrected chi connectivity index (χ0v) is 11.7. The fourth-order valence-electron chi connectivity index (χ4n) is 2.94. The monoisotopic (exact) mass is 269 g/mol. The fraction of sp³-hybridized carbons (Fsp3) is 0.0500. The van der Waals surface area contributed by atoms with E-state index in [1.807, 2.05) is 24.4 Å². The van der Waals surface area contributed by atoms with Crippen LogP contribution in [0.4, 0.5) is 5.69 Å². The van der Waals surface area contributed by atoms with E-state index in [-0.39, 0.29) is 0 Å². The zero-order valence-electron chi connectivity index (χ0n) is 11.7. The molecule has 21 heavy (non-hydrogen) atoms. The highest BCUT2D eigenvalue weighted by Gasteiger charge is 2.19. The molecule has 0 atom stereocenters. The number of hydrogen-bond donors (Lipinski definition) is 0. The lowest BCUT2D eigenvalue weighted by Crippen LogP contribution is -1.83. The van der Waals surface area contributed by atoms with Crippen LogP contribution in [0.15, 0.2) is 77.8 Å². The maximum Gasteiger partial charge on any atom is 0.0671 e. The molecule has 0 bridgehead atoms. The Hall–Kier alpha value is -2.67. The van der Waals surface area contributed by atoms with E-state index in [2.05, 4.69) is 54.6 Å². The van der Waals surface area contributed by atoms with Gasteiger partial charge in [0.05, 0.1) is 5.69 Å². The molecule has 1 aliphatic carbocycles. The van der Waals surface area contributed by atoms with Crippen molar-refractivity contribution in [2.45, 2.75) is 6.42 Å². The topological polar surface area (TPSA) is 12.4 Å². The molecule has 1 heteroatoms. The van der Waals surface area contributed by atoms with Crippen LogP contribution in [0.25, 0.3) is 11.1 Å². The third-order valence-electron chi connectivity index (χ3n) is 3.98. The Morgan fingerprint density at radius 3 is 2.38 bits per heavy atom. The SMILES string of the molecule is C(=Nc1cccc2c1Cc1ccccc1-2)c1ccccc1. The molecule has 3 aromatic carbocycles. The van der Waals surface area contributed by atoms with Gasteiger partial charge in [-0.1, -0.05) is 66.7 Å². The molecule has 0 saturated heterocycles. The van der Waals surface area contributed by atoms with Crippen molar-refractivity contribution in [3.63, 3.8) is 0 Å². The van der Waals surface area contributed by atoms with Crippen LogP contribution in [0.3, 0.4) is 0 Å². The van der Waals surface area contributed by atoms with Gasteiger partial charge in [0.15, 0.2) is 0 Å². The molecular weight excluding hydrogens is 254 g/mol. The van der Waals surface area contributed by atoms with Crippen LogP contribution in [-0.4, -0.2) is 6.21 Å². The molecule has 0 heterocycles. The van der Waals surface area contributed by atoms with Crippen molar-refractivity contribution < 1.29 is 0 Å². The first-order chi connectivity index (χ1) is 10.4. The molecular formula is C20H15N. The van der Waals surface area contributed by atoms with E-state index in [1.54, 1.807) is 0 Å². The number of fused-ring (bicyclic) bond motifs is 3. The van der Waals surface area contributed by atoms with Gasteiger partial charge < -0.3 is 0 Å². The van der Waals surface area contributed by atoms with Gasteiger partial charge in [0.1, 0.15) is 0 Å². The lowest BCUT2D eigenvalue weighted by molar-refractivity contribution is 1.25. The van der Waals surface area contributed by atoms with Gasteiger partial charge in [0.2, 0.25) is 0 Å². The van der Waals surface area contributed by atoms with Gasteiger partial charge in [-0.2, -0.15) is 0 Å². The van der Waals surface area contributed by atoms with E-state index in [4.69, 9.17) is 4.99 Å². The standard InChI is InChI=1S/C20H15N/c1-2-7-15(8-3-1)14-21-20-12-6-11-18-17-10-5-4-9-16(17)13-19(18)20/h1-12,14H,13H2. The summed E-state index contributed by atoms with van der Waals surface area (Å²) in [6, 6.07) is 25.2. The van der Waals surface area contributed by atoms with Crippen LogP contribution in [0.1, 0.15) is 16.7 Å². The van der Waals surface area contributed by atoms with E-state index in [1.165, 1.54) is 22.3 Å². The van der Waals surface area contributed by atoms with Crippen molar-refractivity contribution in [3.05, 3.63) is 89.5 Å². The van der Waals surface area contributed by atoms with E-state index in [9.17, 15) is 0 Å². The van der Waals surface area contributed by atoms with Gasteiger partial charge in [-0.15, -0.1) is 0 Å². The van der Waals surface area contributed by atoms with Crippen LogP contribution in [-0.2, 0) is 6.42 Å². The summed E-state index contributed by atoms with van der Waals surface area (Å²) in [5.41, 5.74) is 7.62. The quantitative estimate of drug-likeness (QED) is 0.454. The molecule has 100 valence electrons. The molecule has 3 aromatic rings. The van der Waals surface area contributed by atoms with Gasteiger partial charge in [0, 0.05) is 12.6 Å². The number of nitrogens with zero attached hydrogens (tertiary/aromatic N) is 1. The van der Waals surface area contributed by atoms with Crippen molar-refractivity contribution >= 4 is 11.9 Å². The second kappa shape index (κ2) is 5.02. The lowest BCUT2D eigenvalue weighted by Gasteiger charge is -2.03. The highest BCUT2D eigenvalue weighted by molar-refractivity contribution is 5.86. The number of benzene rings is 3. The molecule has 0 amide bonds. The summed E-state index contributed by atoms with van der Waals surface area (Å²) < 4.78 is 0. The number of hydrogen-bond acceptors (Lipinski definition) is 1. The predicted molar refractivity (Wildman–Crippen MR) is 88.4 cm³/mol. The summed E-state index contributed by atoms with van der Waals surface area (Å²) in [4.78, 5) is 4.71. The maximum absolute atomic E-state index is 4.71. The molecule has 1 aliphatic rings. The van der Waals surface area contributed by atoms with E-state index in [0.29, 0.717) is 0 Å². The summed E-state index contributed by atoms with van der Waals surface area (Å²) in [6.07, 6.45) is 2.92. The van der Waals surface area contributed by atoms with Crippen LogP contribution in [0.5, 0.6) is 0 Å². The van der Waals surface area contributed by atoms with Crippen LogP contribution < -0.4 is 0 Å². The minimum absolute atomic E-state index is 0.980. The minimum Gasteiger partial charge on any atom is -0.256 e. The number of rotatable bonds is 2. The highest BCUT2D eigenvalue weighted by Crippen LogP contribution is 2.40. The van der Waals surface area contributed by atoms with Gasteiger partial charge in [-0.25, -0.2) is 0 Å². The summed E-state index contributed by atoms with van der Waals surface area (Å²) in [5.74, 6) is 0. The molecule has 4 rings (SSSR count). The molecule has 0 spiro atoms. The fourth-order valence-corrected chi connectivity index (χ4v) is 2.94. The molecule has 0 fully saturated rings. The molecule has 0 aromatic heterocycles. The largest absolute Gasteiger partial charge is 0.256 e. The van der Waals surface area contributed by atoms with Crippen molar-refractivity contribution in [1.29, 1.82) is 0 Å². The summed E-state index contributed by atoms with van der Waals surface area (Å²) in [5, 5.41) is 0. The number of aliphatic imine (C=N–C) groups is 1. The van der Waals surface area contributed by atoms with Crippen LogP contribution in [0, 0.1) is 0 Å². The minimum atomic E-state index is 0.980. The third kappa shape index (κ3) is 2.17. The Balaban J connectivity index is 1.75. The second-order valence-corrected chi connectivity index (χ2v) is 5.31. The zero-order chi connectivity index (χ0) is 14.1. The summed E-state index contributed by atoms with van der Waals surface area (Å²) in [7, 11) is 0. The Kier molecular flexibility index (Phi) is 2.89. The van der Waals surface area contributed by atoms with Crippen molar-refractivity contribution in [3.8, 4) is 11.1 Å². The Morgan fingerprint density at radius 2 is 1.48 bits per heavy atom. The molecule has 0 unspecified atom stereocenters. The Morgan fingerprint density at radius 1 is 0.714 bits per heavy atom. The molecule has 0 aliphatic heterocycles. The van der Waals surface area contributed by atoms with Gasteiger partial charge in [-0.05, 0) is 33.9 Å². The van der Waals surface area contributed by atoms with Gasteiger partial charge >= 0.3 is 0 Å². The summed E-state index contributed by atoms with van der Waals surface area (Å²) >= 11 is 0. The van der Waals surface area contributed by atoms with Gasteiger partial charge in [-0.3, -0.25) is 4.99 Å². The third-order valence-corrected chi connectivity index (χ3v) is 3.98. The Bertz CT molecular complexity index is 816. The average Bonchev–Trinajstić information content (AvgIpc) is 2.93. The molecule has 0 N–H and O–H groups in total. The summed E-state index contributed by atoms with van der Waals surface area (Å²) in [6.45, 7) is 0. The van der Waals surface area contributed by atoms with E-state index in [0.717, 1.165) is 17.7 Å². The molecule has 0 saturated carbocycles. The average molecular weight is 269 g/mol. The van der Waals surface area contributed by atoms with E-state index < -0.39 is 0 Å². The maximum atomic E-state index is 4.71. The molecule has 1 nitrogen and oxygen atoms in total. The van der Waals surface area contributed by atoms with Crippen LogP contribution >= 0.6 is 0 Å². The molecule has 0 radical (unpaired) electrons. The van der Waals surface area contributed by atoms with Gasteiger partial charge in [0.25, 0.3) is 0 Å². The van der Waals surface area contributed by atoms with E-state index >= 15 is 0 Å². The first kappa shape index (κ1) is 12.1. The smallest absolute Gasteiger partial charge is 0.0671 e. The normalized spacial score (nSPS) is 12.4. The first-order valence-corrected chi connectivity index (χ1v) is 7.21. The Labute approximate surface area is 124 Å². The van der Waals surface area contributed by atoms with Crippen LogP contribution in [0.2, 0.25) is 0 Å². The van der Waals surface area contributed by atoms with Crippen molar-refractivity contribution in [1.82, 2.24) is 0 Å². The predicted octanol–water partition coefficient (Wildman–Crippen LogP) is 5.01. The lowest BCUT2D eigenvalue weighted by atomic mass is 10.1. The highest BCUT2D eigenvalue weighted by atomic mass is 14.7. The first-order valence-electron chi connectivity index (χ1n) is 7.21. The van der Waals surface area contributed by atoms with Crippen molar-refractivity contribution in [2.75, 3.05) is 0 Å². The second-order valence-electron chi connectivity index (χ2n) is 5.31.